The van der Waals surface area contributed by atoms with Gasteiger partial charge in [-0.25, -0.2) is 4.57 Å². The molecule has 0 radical (unpaired) electrons. The molecule has 0 spiro atoms. The van der Waals surface area contributed by atoms with Gasteiger partial charge in [0.05, 0.1) is 12.7 Å². The summed E-state index contributed by atoms with van der Waals surface area (Å²) in [6.07, 6.45) is 1.15. The SMILES string of the molecule is CCCCOP(=O)(F)OC(C)C. The minimum atomic E-state index is -4.28. The fourth-order valence-electron chi connectivity index (χ4n) is 0.600. The Morgan fingerprint density at radius 1 is 1.50 bits per heavy atom. The highest BCUT2D eigenvalue weighted by atomic mass is 31.2. The Labute approximate surface area is 72.9 Å². The van der Waals surface area contributed by atoms with Crippen LogP contribution in [0.15, 0.2) is 0 Å². The highest BCUT2D eigenvalue weighted by Crippen LogP contribution is 2.50. The monoisotopic (exact) mass is 198 g/mol. The summed E-state index contributed by atoms with van der Waals surface area (Å²) in [5, 5.41) is 0. The number of hydrogen-bond donors (Lipinski definition) is 0. The maximum Gasteiger partial charge on any atom is 0.513 e. The van der Waals surface area contributed by atoms with Gasteiger partial charge in [0.25, 0.3) is 0 Å². The second-order valence-corrected chi connectivity index (χ2v) is 4.10. The quantitative estimate of drug-likeness (QED) is 0.485. The average Bonchev–Trinajstić information content (AvgIpc) is 1.84. The normalized spacial score (nSPS) is 16.4. The van der Waals surface area contributed by atoms with E-state index in [-0.39, 0.29) is 6.61 Å². The highest BCUT2D eigenvalue weighted by Gasteiger charge is 2.24. The summed E-state index contributed by atoms with van der Waals surface area (Å²) >= 11 is 0. The summed E-state index contributed by atoms with van der Waals surface area (Å²) in [7, 11) is -4.28. The van der Waals surface area contributed by atoms with Crippen molar-refractivity contribution in [1.29, 1.82) is 0 Å². The zero-order valence-electron chi connectivity index (χ0n) is 7.75. The van der Waals surface area contributed by atoms with E-state index < -0.39 is 14.0 Å². The predicted octanol–water partition coefficient (Wildman–Crippen LogP) is 3.31. The van der Waals surface area contributed by atoms with Crippen molar-refractivity contribution in [1.82, 2.24) is 0 Å². The molecule has 0 aromatic carbocycles. The summed E-state index contributed by atoms with van der Waals surface area (Å²) in [4.78, 5) is 0. The molecule has 3 nitrogen and oxygen atoms in total. The molecule has 0 aliphatic rings. The lowest BCUT2D eigenvalue weighted by Crippen LogP contribution is -2.01. The van der Waals surface area contributed by atoms with E-state index in [1.165, 1.54) is 0 Å². The van der Waals surface area contributed by atoms with Crippen molar-refractivity contribution >= 4 is 7.91 Å². The molecule has 0 saturated heterocycles. The molecule has 0 fully saturated rings. The summed E-state index contributed by atoms with van der Waals surface area (Å²) in [6, 6.07) is 0. The molecule has 0 aromatic rings. The van der Waals surface area contributed by atoms with E-state index in [0.29, 0.717) is 6.42 Å². The molecule has 1 atom stereocenters. The van der Waals surface area contributed by atoms with Crippen LogP contribution in [0.5, 0.6) is 0 Å². The van der Waals surface area contributed by atoms with Gasteiger partial charge in [-0.1, -0.05) is 13.3 Å². The van der Waals surface area contributed by atoms with Crippen LogP contribution in [0.4, 0.5) is 4.20 Å². The largest absolute Gasteiger partial charge is 0.513 e. The van der Waals surface area contributed by atoms with Gasteiger partial charge < -0.3 is 0 Å². The van der Waals surface area contributed by atoms with Gasteiger partial charge in [0, 0.05) is 0 Å². The zero-order chi connectivity index (χ0) is 9.61. The van der Waals surface area contributed by atoms with Gasteiger partial charge in [-0.3, -0.25) is 9.05 Å². The molecule has 12 heavy (non-hydrogen) atoms. The molecule has 0 bridgehead atoms. The molecule has 0 N–H and O–H groups in total. The summed E-state index contributed by atoms with van der Waals surface area (Å²) < 4.78 is 32.5. The molecule has 74 valence electrons. The molecule has 0 saturated carbocycles. The van der Waals surface area contributed by atoms with Crippen LogP contribution in [0.1, 0.15) is 33.6 Å². The van der Waals surface area contributed by atoms with Gasteiger partial charge in [-0.15, -0.1) is 4.20 Å². The van der Waals surface area contributed by atoms with Crippen LogP contribution >= 0.6 is 7.91 Å². The first-order valence-corrected chi connectivity index (χ1v) is 5.54. The minimum Gasteiger partial charge on any atom is -0.284 e. The van der Waals surface area contributed by atoms with Crippen molar-refractivity contribution in [2.24, 2.45) is 0 Å². The number of hydrogen-bond acceptors (Lipinski definition) is 3. The first kappa shape index (κ1) is 12.1. The Hall–Kier alpha value is 0.0800. The number of rotatable bonds is 6. The van der Waals surface area contributed by atoms with Crippen molar-refractivity contribution in [3.05, 3.63) is 0 Å². The van der Waals surface area contributed by atoms with Gasteiger partial charge >= 0.3 is 7.91 Å². The first-order valence-electron chi connectivity index (χ1n) is 4.10. The van der Waals surface area contributed by atoms with E-state index in [0.717, 1.165) is 6.42 Å². The van der Waals surface area contributed by atoms with E-state index in [2.05, 4.69) is 9.05 Å². The van der Waals surface area contributed by atoms with Gasteiger partial charge in [0.1, 0.15) is 0 Å². The Bertz CT molecular complexity index is 161. The van der Waals surface area contributed by atoms with Crippen molar-refractivity contribution in [3.8, 4) is 0 Å². The van der Waals surface area contributed by atoms with Gasteiger partial charge in [0.2, 0.25) is 0 Å². The number of halogens is 1. The Kier molecular flexibility index (Phi) is 5.72. The topological polar surface area (TPSA) is 35.5 Å². The lowest BCUT2D eigenvalue weighted by atomic mass is 10.4. The van der Waals surface area contributed by atoms with Crippen molar-refractivity contribution in [2.45, 2.75) is 39.7 Å². The summed E-state index contributed by atoms with van der Waals surface area (Å²) in [5.41, 5.74) is 0. The molecule has 5 heteroatoms. The lowest BCUT2D eigenvalue weighted by Gasteiger charge is -2.11. The summed E-state index contributed by atoms with van der Waals surface area (Å²) in [5.74, 6) is 0. The van der Waals surface area contributed by atoms with Crippen LogP contribution in [-0.2, 0) is 13.6 Å². The standard InChI is InChI=1S/C7H16FO3P/c1-4-5-6-10-12(8,9)11-7(2)3/h7H,4-6H2,1-3H3. The molecule has 1 unspecified atom stereocenters. The van der Waals surface area contributed by atoms with E-state index in [9.17, 15) is 8.76 Å². The van der Waals surface area contributed by atoms with Crippen molar-refractivity contribution in [3.63, 3.8) is 0 Å². The fourth-order valence-corrected chi connectivity index (χ4v) is 1.51. The van der Waals surface area contributed by atoms with Crippen LogP contribution in [-0.4, -0.2) is 12.7 Å². The molecule has 0 aliphatic heterocycles. The van der Waals surface area contributed by atoms with Crippen molar-refractivity contribution in [2.75, 3.05) is 6.61 Å². The van der Waals surface area contributed by atoms with Gasteiger partial charge in [-0.2, -0.15) is 0 Å². The molecule has 0 amide bonds. The molecular weight excluding hydrogens is 182 g/mol. The van der Waals surface area contributed by atoms with E-state index in [1.807, 2.05) is 6.92 Å². The fraction of sp³-hybridized carbons (Fsp3) is 1.00. The molecule has 0 rings (SSSR count). The third kappa shape index (κ3) is 6.77. The molecular formula is C7H16FO3P. The van der Waals surface area contributed by atoms with Crippen LogP contribution < -0.4 is 0 Å². The van der Waals surface area contributed by atoms with E-state index >= 15 is 0 Å². The average molecular weight is 198 g/mol. The summed E-state index contributed by atoms with van der Waals surface area (Å²) in [6.45, 7) is 5.30. The maximum absolute atomic E-state index is 12.8. The third-order valence-electron chi connectivity index (χ3n) is 1.08. The van der Waals surface area contributed by atoms with Gasteiger partial charge in [-0.05, 0) is 20.3 Å². The minimum absolute atomic E-state index is 0.150. The second kappa shape index (κ2) is 5.68. The second-order valence-electron chi connectivity index (χ2n) is 2.77. The Morgan fingerprint density at radius 2 is 2.08 bits per heavy atom. The molecule has 0 aliphatic carbocycles. The van der Waals surface area contributed by atoms with Crippen LogP contribution in [0.2, 0.25) is 0 Å². The number of unbranched alkanes of at least 4 members (excludes halogenated alkanes) is 1. The van der Waals surface area contributed by atoms with Gasteiger partial charge in [0.15, 0.2) is 0 Å². The van der Waals surface area contributed by atoms with Crippen molar-refractivity contribution < 1.29 is 17.8 Å². The Balaban J connectivity index is 3.64. The zero-order valence-corrected chi connectivity index (χ0v) is 8.64. The van der Waals surface area contributed by atoms with E-state index in [1.54, 1.807) is 13.8 Å². The van der Waals surface area contributed by atoms with E-state index in [4.69, 9.17) is 0 Å². The van der Waals surface area contributed by atoms with Crippen LogP contribution in [0.3, 0.4) is 0 Å². The molecule has 0 aromatic heterocycles. The molecule has 0 heterocycles. The first-order chi connectivity index (χ1) is 5.48. The lowest BCUT2D eigenvalue weighted by molar-refractivity contribution is 0.141. The smallest absolute Gasteiger partial charge is 0.284 e. The highest BCUT2D eigenvalue weighted by molar-refractivity contribution is 7.48. The third-order valence-corrected chi connectivity index (χ3v) is 2.24. The van der Waals surface area contributed by atoms with Crippen LogP contribution in [0, 0.1) is 0 Å². The van der Waals surface area contributed by atoms with Crippen LogP contribution in [0.25, 0.3) is 0 Å². The predicted molar refractivity (Wildman–Crippen MR) is 45.8 cm³/mol. The maximum atomic E-state index is 12.8. The Morgan fingerprint density at radius 3 is 2.50 bits per heavy atom.